The summed E-state index contributed by atoms with van der Waals surface area (Å²) in [6.07, 6.45) is -4.48. The Bertz CT molecular complexity index is 1390. The first-order valence-corrected chi connectivity index (χ1v) is 11.0. The summed E-state index contributed by atoms with van der Waals surface area (Å²) >= 11 is 0. The van der Waals surface area contributed by atoms with Gasteiger partial charge in [-0.1, -0.05) is 84.9 Å². The predicted octanol–water partition coefficient (Wildman–Crippen LogP) is 7.38. The molecule has 4 aromatic carbocycles. The van der Waals surface area contributed by atoms with Gasteiger partial charge in [0.2, 0.25) is 0 Å². The Kier molecular flexibility index (Phi) is 5.80. The van der Waals surface area contributed by atoms with Gasteiger partial charge >= 0.3 is 6.18 Å². The number of aromatic nitrogens is 2. The van der Waals surface area contributed by atoms with Crippen LogP contribution in [0.25, 0.3) is 22.2 Å². The van der Waals surface area contributed by atoms with Gasteiger partial charge in [0.1, 0.15) is 5.52 Å². The van der Waals surface area contributed by atoms with Crippen molar-refractivity contribution in [1.82, 2.24) is 9.78 Å². The molecule has 0 amide bonds. The van der Waals surface area contributed by atoms with Gasteiger partial charge in [-0.15, -0.1) is 0 Å². The quantitative estimate of drug-likeness (QED) is 0.288. The zero-order valence-corrected chi connectivity index (χ0v) is 18.3. The van der Waals surface area contributed by atoms with Crippen molar-refractivity contribution in [3.05, 3.63) is 120 Å². The first kappa shape index (κ1) is 21.8. The van der Waals surface area contributed by atoms with Gasteiger partial charge in [-0.2, -0.15) is 18.3 Å². The molecule has 34 heavy (non-hydrogen) atoms. The van der Waals surface area contributed by atoms with Crippen molar-refractivity contribution in [3.8, 4) is 11.3 Å². The number of nitrogens with zero attached hydrogens (tertiary/aromatic N) is 2. The predicted molar refractivity (Wildman–Crippen MR) is 129 cm³/mol. The summed E-state index contributed by atoms with van der Waals surface area (Å²) in [6.45, 7) is 1.06. The van der Waals surface area contributed by atoms with Gasteiger partial charge in [-0.25, -0.2) is 0 Å². The average molecular weight is 457 g/mol. The molecular weight excluding hydrogens is 435 g/mol. The Morgan fingerprint density at radius 1 is 0.706 bits per heavy atom. The summed E-state index contributed by atoms with van der Waals surface area (Å²) in [5, 5.41) is 8.30. The Balaban J connectivity index is 1.54. The van der Waals surface area contributed by atoms with Crippen molar-refractivity contribution < 1.29 is 13.2 Å². The van der Waals surface area contributed by atoms with Crippen LogP contribution in [0.4, 0.5) is 18.9 Å². The van der Waals surface area contributed by atoms with Crippen molar-refractivity contribution in [2.75, 3.05) is 5.32 Å². The lowest BCUT2D eigenvalue weighted by atomic mass is 10.0. The van der Waals surface area contributed by atoms with E-state index < -0.39 is 11.7 Å². The maximum absolute atomic E-state index is 13.7. The molecule has 0 bridgehead atoms. The zero-order chi connectivity index (χ0) is 23.5. The zero-order valence-electron chi connectivity index (χ0n) is 18.3. The number of nitrogens with one attached hydrogen (secondary N) is 1. The Morgan fingerprint density at radius 3 is 2.00 bits per heavy atom. The summed E-state index contributed by atoms with van der Waals surface area (Å²) in [6, 6.07) is 31.6. The van der Waals surface area contributed by atoms with Crippen LogP contribution in [0.5, 0.6) is 0 Å². The van der Waals surface area contributed by atoms with Crippen LogP contribution in [0.15, 0.2) is 103 Å². The lowest BCUT2D eigenvalue weighted by Crippen LogP contribution is -2.06. The monoisotopic (exact) mass is 457 g/mol. The highest BCUT2D eigenvalue weighted by Crippen LogP contribution is 2.38. The van der Waals surface area contributed by atoms with E-state index in [1.165, 1.54) is 6.07 Å². The van der Waals surface area contributed by atoms with Gasteiger partial charge in [0.15, 0.2) is 0 Å². The van der Waals surface area contributed by atoms with E-state index in [4.69, 9.17) is 0 Å². The van der Waals surface area contributed by atoms with E-state index in [0.717, 1.165) is 28.4 Å². The number of alkyl halides is 3. The highest BCUT2D eigenvalue weighted by atomic mass is 19.4. The van der Waals surface area contributed by atoms with Crippen LogP contribution in [0.3, 0.4) is 0 Å². The molecule has 0 radical (unpaired) electrons. The second kappa shape index (κ2) is 9.06. The minimum absolute atomic E-state index is 0.0350. The van der Waals surface area contributed by atoms with E-state index in [2.05, 4.69) is 10.4 Å². The highest BCUT2D eigenvalue weighted by molar-refractivity contribution is 5.95. The second-order valence-electron chi connectivity index (χ2n) is 8.11. The Morgan fingerprint density at radius 2 is 1.35 bits per heavy atom. The maximum Gasteiger partial charge on any atom is 0.418 e. The summed E-state index contributed by atoms with van der Waals surface area (Å²) in [5.41, 5.74) is 3.78. The summed E-state index contributed by atoms with van der Waals surface area (Å²) < 4.78 is 42.8. The molecule has 170 valence electrons. The topological polar surface area (TPSA) is 29.9 Å². The SMILES string of the molecule is FC(F)(F)c1cccc2c(-c3ccc(NCc4ccccc4)cc3)n(Cc3ccccc3)nc12. The number of anilines is 1. The maximum atomic E-state index is 13.7. The highest BCUT2D eigenvalue weighted by Gasteiger charge is 2.34. The Hall–Kier alpha value is -4.06. The van der Waals surface area contributed by atoms with Crippen LogP contribution in [-0.2, 0) is 19.3 Å². The van der Waals surface area contributed by atoms with Gasteiger partial charge < -0.3 is 5.32 Å². The van der Waals surface area contributed by atoms with Gasteiger partial charge in [0, 0.05) is 23.2 Å². The minimum atomic E-state index is -4.48. The molecule has 5 rings (SSSR count). The molecule has 6 heteroatoms. The average Bonchev–Trinajstić information content (AvgIpc) is 3.21. The van der Waals surface area contributed by atoms with Gasteiger partial charge in [0.25, 0.3) is 0 Å². The van der Waals surface area contributed by atoms with Crippen molar-refractivity contribution in [1.29, 1.82) is 0 Å². The Labute approximate surface area is 195 Å². The largest absolute Gasteiger partial charge is 0.418 e. The molecule has 0 aliphatic rings. The molecule has 1 aromatic heterocycles. The van der Waals surface area contributed by atoms with Gasteiger partial charge in [0.05, 0.1) is 17.8 Å². The third-order valence-electron chi connectivity index (χ3n) is 5.75. The fourth-order valence-electron chi connectivity index (χ4n) is 4.10. The van der Waals surface area contributed by atoms with Gasteiger partial charge in [-0.05, 0) is 29.3 Å². The van der Waals surface area contributed by atoms with E-state index in [9.17, 15) is 13.2 Å². The number of rotatable bonds is 6. The molecule has 0 saturated heterocycles. The minimum Gasteiger partial charge on any atom is -0.381 e. The van der Waals surface area contributed by atoms with Crippen LogP contribution < -0.4 is 5.32 Å². The van der Waals surface area contributed by atoms with Crippen molar-refractivity contribution in [3.63, 3.8) is 0 Å². The third kappa shape index (κ3) is 4.53. The molecule has 1 heterocycles. The molecule has 0 atom stereocenters. The number of benzene rings is 4. The van der Waals surface area contributed by atoms with E-state index in [-0.39, 0.29) is 5.52 Å². The standard InChI is InChI=1S/C28H22F3N3/c29-28(30,31)25-13-7-12-24-26(25)33-34(19-21-10-5-2-6-11-21)27(24)22-14-16-23(17-15-22)32-18-20-8-3-1-4-9-20/h1-17,32H,18-19H2. The van der Waals surface area contributed by atoms with E-state index in [1.54, 1.807) is 10.7 Å². The molecule has 0 unspecified atom stereocenters. The second-order valence-corrected chi connectivity index (χ2v) is 8.11. The fraction of sp³-hybridized carbons (Fsp3) is 0.107. The fourth-order valence-corrected chi connectivity index (χ4v) is 4.10. The molecule has 0 aliphatic heterocycles. The summed E-state index contributed by atoms with van der Waals surface area (Å²) in [5.74, 6) is 0. The molecular formula is C28H22F3N3. The van der Waals surface area contributed by atoms with Crippen LogP contribution in [0.1, 0.15) is 16.7 Å². The number of hydrogen-bond acceptors (Lipinski definition) is 2. The molecule has 0 aliphatic carbocycles. The molecule has 5 aromatic rings. The first-order valence-electron chi connectivity index (χ1n) is 11.0. The molecule has 1 N–H and O–H groups in total. The van der Waals surface area contributed by atoms with E-state index >= 15 is 0 Å². The van der Waals surface area contributed by atoms with Crippen LogP contribution in [-0.4, -0.2) is 9.78 Å². The van der Waals surface area contributed by atoms with Crippen molar-refractivity contribution >= 4 is 16.6 Å². The third-order valence-corrected chi connectivity index (χ3v) is 5.75. The molecule has 3 nitrogen and oxygen atoms in total. The molecule has 0 saturated carbocycles. The smallest absolute Gasteiger partial charge is 0.381 e. The van der Waals surface area contributed by atoms with Gasteiger partial charge in [-0.3, -0.25) is 4.68 Å². The summed E-state index contributed by atoms with van der Waals surface area (Å²) in [7, 11) is 0. The van der Waals surface area contributed by atoms with Crippen LogP contribution in [0.2, 0.25) is 0 Å². The van der Waals surface area contributed by atoms with E-state index in [0.29, 0.717) is 24.2 Å². The number of halogens is 3. The lowest BCUT2D eigenvalue weighted by Gasteiger charge is -2.11. The summed E-state index contributed by atoms with van der Waals surface area (Å²) in [4.78, 5) is 0. The number of hydrogen-bond donors (Lipinski definition) is 1. The number of fused-ring (bicyclic) bond motifs is 1. The van der Waals surface area contributed by atoms with Crippen molar-refractivity contribution in [2.45, 2.75) is 19.3 Å². The normalized spacial score (nSPS) is 11.6. The first-order chi connectivity index (χ1) is 16.5. The van der Waals surface area contributed by atoms with Crippen LogP contribution in [0, 0.1) is 0 Å². The van der Waals surface area contributed by atoms with E-state index in [1.807, 2.05) is 84.9 Å². The van der Waals surface area contributed by atoms with Crippen LogP contribution >= 0.6 is 0 Å². The van der Waals surface area contributed by atoms with Crippen molar-refractivity contribution in [2.24, 2.45) is 0 Å². The molecule has 0 spiro atoms. The molecule has 0 fully saturated rings. The lowest BCUT2D eigenvalue weighted by molar-refractivity contribution is -0.136.